The topological polar surface area (TPSA) is 175 Å². The summed E-state index contributed by atoms with van der Waals surface area (Å²) in [6.45, 7) is 8.49. The molecule has 2 amide bonds. The number of hydrazine groups is 1. The highest BCUT2D eigenvalue weighted by atomic mass is 16.3. The van der Waals surface area contributed by atoms with Gasteiger partial charge in [-0.1, -0.05) is 23.8 Å². The number of piperidine rings is 1. The summed E-state index contributed by atoms with van der Waals surface area (Å²) in [5.74, 6) is 1.41. The van der Waals surface area contributed by atoms with Gasteiger partial charge in [0.1, 0.15) is 11.9 Å². The van der Waals surface area contributed by atoms with Gasteiger partial charge in [0.15, 0.2) is 0 Å². The summed E-state index contributed by atoms with van der Waals surface area (Å²) >= 11 is 0. The van der Waals surface area contributed by atoms with Crippen LogP contribution in [0.15, 0.2) is 59.7 Å². The molecule has 2 aromatic carbocycles. The second kappa shape index (κ2) is 12.9. The lowest BCUT2D eigenvalue weighted by molar-refractivity contribution is -0.316. The molecule has 0 spiro atoms. The maximum absolute atomic E-state index is 13.5. The maximum Gasteiger partial charge on any atom is 0.248 e. The van der Waals surface area contributed by atoms with Crippen LogP contribution in [-0.2, 0) is 16.6 Å². The molecular formula is C38H49N8O3+. The van der Waals surface area contributed by atoms with Gasteiger partial charge in [0.2, 0.25) is 18.2 Å². The van der Waals surface area contributed by atoms with E-state index in [1.807, 2.05) is 49.4 Å². The van der Waals surface area contributed by atoms with E-state index in [9.17, 15) is 20.0 Å². The van der Waals surface area contributed by atoms with Gasteiger partial charge in [0.05, 0.1) is 29.4 Å². The number of nitriles is 1. The number of amidine groups is 1. The summed E-state index contributed by atoms with van der Waals surface area (Å²) < 4.78 is 0. The molecule has 7 rings (SSSR count). The number of rotatable bonds is 9. The number of fused-ring (bicyclic) bond motifs is 3. The number of nitrogens with zero attached hydrogens (tertiary/aromatic N) is 4. The van der Waals surface area contributed by atoms with Crippen molar-refractivity contribution >= 4 is 23.3 Å². The van der Waals surface area contributed by atoms with Crippen LogP contribution in [0.5, 0.6) is 0 Å². The molecule has 2 aromatic rings. The Balaban J connectivity index is 1.28. The van der Waals surface area contributed by atoms with E-state index in [4.69, 9.17) is 10.7 Å². The molecule has 3 aliphatic carbocycles. The molecule has 0 aromatic heterocycles. The number of carbonyl (C=O) groups is 2. The number of aliphatic imine (C=N–C) groups is 1. The third-order valence-electron chi connectivity index (χ3n) is 12.1. The number of benzene rings is 2. The fourth-order valence-electron chi connectivity index (χ4n) is 9.52. The molecule has 2 saturated carbocycles. The number of nitrogens with two attached hydrogens (primary N) is 1. The van der Waals surface area contributed by atoms with Gasteiger partial charge in [-0.05, 0) is 125 Å². The first-order valence-corrected chi connectivity index (χ1v) is 17.8. The predicted molar refractivity (Wildman–Crippen MR) is 186 cm³/mol. The quantitative estimate of drug-likeness (QED) is 0.274. The summed E-state index contributed by atoms with van der Waals surface area (Å²) in [5, 5.41) is 26.4. The fraction of sp³-hybridized carbons (Fsp3) is 0.526. The number of carbonyl (C=O) groups excluding carboxylic acids is 2. The Hall–Kier alpha value is -4.24. The maximum atomic E-state index is 13.5. The van der Waals surface area contributed by atoms with Crippen molar-refractivity contribution < 1.29 is 20.4 Å². The van der Waals surface area contributed by atoms with Crippen LogP contribution in [0.4, 0.5) is 5.69 Å². The van der Waals surface area contributed by atoms with Crippen molar-refractivity contribution in [1.29, 1.82) is 5.26 Å². The molecule has 258 valence electrons. The number of allylic oxidation sites excluding steroid dienone is 1. The summed E-state index contributed by atoms with van der Waals surface area (Å²) in [4.78, 5) is 32.7. The lowest BCUT2D eigenvalue weighted by Crippen LogP contribution is -2.57. The van der Waals surface area contributed by atoms with Crippen molar-refractivity contribution in [3.8, 4) is 6.07 Å². The number of anilines is 1. The number of quaternary nitrogens is 1. The second-order valence-corrected chi connectivity index (χ2v) is 15.2. The van der Waals surface area contributed by atoms with Crippen LogP contribution >= 0.6 is 0 Å². The van der Waals surface area contributed by atoms with Crippen LogP contribution in [-0.4, -0.2) is 58.7 Å². The van der Waals surface area contributed by atoms with Crippen molar-refractivity contribution in [3.63, 3.8) is 0 Å². The van der Waals surface area contributed by atoms with Crippen molar-refractivity contribution in [1.82, 2.24) is 15.6 Å². The van der Waals surface area contributed by atoms with Gasteiger partial charge in [-0.3, -0.25) is 15.0 Å². The molecule has 0 bridgehead atoms. The highest BCUT2D eigenvalue weighted by molar-refractivity contribution is 5.98. The largest absolute Gasteiger partial charge is 0.366 e. The van der Waals surface area contributed by atoms with E-state index in [-0.39, 0.29) is 36.5 Å². The smallest absolute Gasteiger partial charge is 0.248 e. The van der Waals surface area contributed by atoms with E-state index in [1.54, 1.807) is 9.91 Å². The molecule has 5 aliphatic rings. The summed E-state index contributed by atoms with van der Waals surface area (Å²) in [6, 6.07) is 15.8. The van der Waals surface area contributed by atoms with Crippen molar-refractivity contribution in [3.05, 3.63) is 77.0 Å². The number of aliphatic hydroxyl groups excluding tert-OH is 1. The molecule has 5 unspecified atom stereocenters. The van der Waals surface area contributed by atoms with Crippen LogP contribution in [0.2, 0.25) is 0 Å². The highest BCUT2D eigenvalue weighted by Gasteiger charge is 2.56. The van der Waals surface area contributed by atoms with Crippen molar-refractivity contribution in [2.45, 2.75) is 95.1 Å². The second-order valence-electron chi connectivity index (χ2n) is 15.2. The molecule has 11 heteroatoms. The summed E-state index contributed by atoms with van der Waals surface area (Å²) in [5.41, 5.74) is 18.4. The average molecular weight is 666 g/mol. The van der Waals surface area contributed by atoms with E-state index in [1.165, 1.54) is 0 Å². The van der Waals surface area contributed by atoms with Gasteiger partial charge in [-0.25, -0.2) is 10.0 Å². The zero-order valence-electron chi connectivity index (χ0n) is 28.6. The normalized spacial score (nSPS) is 32.1. The Morgan fingerprint density at radius 1 is 1.18 bits per heavy atom. The Labute approximate surface area is 288 Å². The molecule has 0 radical (unpaired) electrons. The Morgan fingerprint density at radius 2 is 1.96 bits per heavy atom. The molecule has 2 aliphatic heterocycles. The summed E-state index contributed by atoms with van der Waals surface area (Å²) in [7, 11) is 0. The predicted octanol–water partition coefficient (Wildman–Crippen LogP) is 2.65. The number of hydrogen-bond donors (Lipinski definition) is 5. The van der Waals surface area contributed by atoms with Gasteiger partial charge < -0.3 is 26.8 Å². The number of primary amides is 1. The lowest BCUT2D eigenvalue weighted by atomic mass is 9.56. The van der Waals surface area contributed by atoms with Gasteiger partial charge in [0, 0.05) is 23.6 Å². The Bertz CT molecular complexity index is 1720. The van der Waals surface area contributed by atoms with E-state index < -0.39 is 17.7 Å². The molecule has 9 atom stereocenters. The minimum atomic E-state index is -1.14. The van der Waals surface area contributed by atoms with E-state index in [0.29, 0.717) is 35.6 Å². The SMILES string of the molecule is C=C([NH3+])C1CCC2C(CCc3cc(C(N)=O)ccc3C2(C[C@H](C)NCC(=O)N2[C@H](C#N)C[C@@H]3C[C@@H]32)C2=NC(O)N(c3ccc(C)cc3)N2)C1. The molecule has 49 heavy (non-hydrogen) atoms. The van der Waals surface area contributed by atoms with E-state index in [2.05, 4.69) is 36.0 Å². The average Bonchev–Trinajstić information content (AvgIpc) is 3.62. The van der Waals surface area contributed by atoms with Crippen LogP contribution in [0.3, 0.4) is 0 Å². The number of aryl methyl sites for hydroxylation is 2. The van der Waals surface area contributed by atoms with Crippen molar-refractivity contribution in [2.75, 3.05) is 11.6 Å². The van der Waals surface area contributed by atoms with Crippen LogP contribution in [0.1, 0.15) is 78.9 Å². The first-order chi connectivity index (χ1) is 23.5. The molecule has 2 heterocycles. The van der Waals surface area contributed by atoms with E-state index in [0.717, 1.165) is 73.0 Å². The number of amides is 2. The van der Waals surface area contributed by atoms with Crippen LogP contribution in [0.25, 0.3) is 0 Å². The minimum absolute atomic E-state index is 0.0329. The monoisotopic (exact) mass is 665 g/mol. The zero-order chi connectivity index (χ0) is 34.6. The van der Waals surface area contributed by atoms with Crippen LogP contribution < -0.4 is 27.2 Å². The Kier molecular flexibility index (Phi) is 8.76. The van der Waals surface area contributed by atoms with Crippen molar-refractivity contribution in [2.24, 2.45) is 34.4 Å². The number of hydrogen-bond acceptors (Lipinski definition) is 8. The molecular weight excluding hydrogens is 616 g/mol. The number of nitrogens with one attached hydrogen (secondary N) is 2. The first kappa shape index (κ1) is 33.3. The molecule has 3 fully saturated rings. The molecule has 8 N–H and O–H groups in total. The molecule has 11 nitrogen and oxygen atoms in total. The number of aliphatic hydroxyl groups is 1. The van der Waals surface area contributed by atoms with Gasteiger partial charge >= 0.3 is 0 Å². The Morgan fingerprint density at radius 3 is 2.67 bits per heavy atom. The third-order valence-corrected chi connectivity index (χ3v) is 12.1. The van der Waals surface area contributed by atoms with Gasteiger partial charge in [-0.2, -0.15) is 5.26 Å². The van der Waals surface area contributed by atoms with Gasteiger partial charge in [0.25, 0.3) is 0 Å². The first-order valence-electron chi connectivity index (χ1n) is 17.8. The third kappa shape index (κ3) is 6.00. The fourth-order valence-corrected chi connectivity index (χ4v) is 9.52. The van der Waals surface area contributed by atoms with Crippen LogP contribution in [0, 0.1) is 41.9 Å². The van der Waals surface area contributed by atoms with Gasteiger partial charge in [-0.15, -0.1) is 0 Å². The summed E-state index contributed by atoms with van der Waals surface area (Å²) in [6.07, 6.45) is 5.72. The van der Waals surface area contributed by atoms with E-state index >= 15 is 0 Å². The molecule has 1 saturated heterocycles. The standard InChI is InChI=1S/C38H48N8O3/c1-21-4-10-29(11-5-21)46-37(49)43-36(44-46)38(18-22(2)42-20-34(47)45-30(19-39)16-28-17-33(28)45)31-12-8-24(23(3)40)14-25(31)6-7-26-15-27(35(41)48)9-13-32(26)38/h4-5,9-11,13,15,22,24-25,28,30-31,33,37,42,49H,3,6-8,12,14,16-18,20,40H2,1-2H3,(H2,41,48)(H,43,44)/p+1/t22-,24?,25?,28+,30-,31?,33-,37?,38?/m0/s1. The lowest BCUT2D eigenvalue weighted by Gasteiger charge is -2.48. The highest BCUT2D eigenvalue weighted by Crippen LogP contribution is 2.54. The zero-order valence-corrected chi connectivity index (χ0v) is 28.6. The number of likely N-dealkylation sites (tertiary alicyclic amines) is 1. The minimum Gasteiger partial charge on any atom is -0.366 e.